The molecule has 0 atom stereocenters. The maximum atomic E-state index is 12.3. The number of halogens is 1. The summed E-state index contributed by atoms with van der Waals surface area (Å²) in [7, 11) is 1.47. The zero-order valence-corrected chi connectivity index (χ0v) is 17.4. The Bertz CT molecular complexity index is 1020. The van der Waals surface area contributed by atoms with Crippen LogP contribution >= 0.6 is 27.7 Å². The third kappa shape index (κ3) is 4.39. The monoisotopic (exact) mass is 465 g/mol. The smallest absolute Gasteiger partial charge is 0.338 e. The van der Waals surface area contributed by atoms with Gasteiger partial charge in [0.25, 0.3) is 5.91 Å². The fourth-order valence-corrected chi connectivity index (χ4v) is 3.54. The van der Waals surface area contributed by atoms with Crippen LogP contribution in [-0.4, -0.2) is 40.9 Å². The second-order valence-corrected chi connectivity index (χ2v) is 6.87. The average Bonchev–Trinajstić information content (AvgIpc) is 3.17. The van der Waals surface area contributed by atoms with Crippen LogP contribution in [0.3, 0.4) is 0 Å². The van der Waals surface area contributed by atoms with Crippen LogP contribution in [0.1, 0.15) is 17.3 Å². The van der Waals surface area contributed by atoms with E-state index in [1.165, 1.54) is 13.2 Å². The molecule has 28 heavy (non-hydrogen) atoms. The fraction of sp³-hybridized carbons (Fsp3) is 0.222. The largest absolute Gasteiger partial charge is 0.493 e. The van der Waals surface area contributed by atoms with E-state index in [0.717, 1.165) is 11.7 Å². The first kappa shape index (κ1) is 20.0. The number of amides is 1. The molecule has 0 radical (unpaired) electrons. The van der Waals surface area contributed by atoms with Gasteiger partial charge in [-0.15, -0.1) is 0 Å². The van der Waals surface area contributed by atoms with Crippen molar-refractivity contribution in [3.05, 3.63) is 40.4 Å². The molecule has 1 aromatic heterocycles. The maximum Gasteiger partial charge on any atom is 0.338 e. The number of hydrogen-bond acceptors (Lipinski definition) is 8. The van der Waals surface area contributed by atoms with Gasteiger partial charge in [-0.2, -0.15) is 8.75 Å². The number of carbonyl (C=O) groups excluding carboxylic acids is 2. The Morgan fingerprint density at radius 2 is 2.07 bits per heavy atom. The van der Waals surface area contributed by atoms with Gasteiger partial charge in [-0.25, -0.2) is 4.79 Å². The highest BCUT2D eigenvalue weighted by Crippen LogP contribution is 2.36. The van der Waals surface area contributed by atoms with Crippen LogP contribution in [0, 0.1) is 0 Å². The molecule has 146 valence electrons. The molecule has 8 nitrogen and oxygen atoms in total. The lowest BCUT2D eigenvalue weighted by Gasteiger charge is -2.13. The van der Waals surface area contributed by atoms with E-state index in [1.54, 1.807) is 24.3 Å². The van der Waals surface area contributed by atoms with Gasteiger partial charge >= 0.3 is 5.97 Å². The summed E-state index contributed by atoms with van der Waals surface area (Å²) < 4.78 is 24.7. The number of rotatable bonds is 7. The zero-order chi connectivity index (χ0) is 20.1. The first-order valence-corrected chi connectivity index (χ1v) is 9.74. The van der Waals surface area contributed by atoms with Crippen molar-refractivity contribution in [1.82, 2.24) is 8.75 Å². The van der Waals surface area contributed by atoms with Crippen molar-refractivity contribution in [2.24, 2.45) is 0 Å². The number of benzene rings is 2. The molecule has 0 aliphatic heterocycles. The molecule has 0 saturated carbocycles. The van der Waals surface area contributed by atoms with Crippen LogP contribution in [0.25, 0.3) is 11.0 Å². The molecule has 1 amide bonds. The van der Waals surface area contributed by atoms with Crippen LogP contribution in [0.2, 0.25) is 0 Å². The summed E-state index contributed by atoms with van der Waals surface area (Å²) >= 11 is 4.40. The van der Waals surface area contributed by atoms with Crippen molar-refractivity contribution in [3.63, 3.8) is 0 Å². The van der Waals surface area contributed by atoms with Crippen LogP contribution in [0.5, 0.6) is 11.5 Å². The van der Waals surface area contributed by atoms with E-state index in [4.69, 9.17) is 14.2 Å². The lowest BCUT2D eigenvalue weighted by Crippen LogP contribution is -2.21. The minimum atomic E-state index is -0.661. The van der Waals surface area contributed by atoms with Gasteiger partial charge in [-0.05, 0) is 47.1 Å². The van der Waals surface area contributed by atoms with Crippen molar-refractivity contribution < 1.29 is 23.8 Å². The SMILES string of the molecule is CCOc1c(Br)cc(C(=O)OCC(=O)Nc2cccc3nsnc23)cc1OC. The topological polar surface area (TPSA) is 99.6 Å². The molecule has 2 aromatic carbocycles. The second kappa shape index (κ2) is 8.98. The highest BCUT2D eigenvalue weighted by molar-refractivity contribution is 9.10. The fourth-order valence-electron chi connectivity index (χ4n) is 2.43. The van der Waals surface area contributed by atoms with Crippen molar-refractivity contribution >= 4 is 56.3 Å². The van der Waals surface area contributed by atoms with E-state index in [2.05, 4.69) is 30.0 Å². The standard InChI is InChI=1S/C18H16BrN3O5S/c1-3-26-17-11(19)7-10(8-14(17)25-2)18(24)27-9-15(23)20-12-5-4-6-13-16(12)22-28-21-13/h4-8H,3,9H2,1-2H3,(H,20,23). The number of carbonyl (C=O) groups is 2. The number of nitrogens with zero attached hydrogens (tertiary/aromatic N) is 2. The summed E-state index contributed by atoms with van der Waals surface area (Å²) in [6.07, 6.45) is 0. The number of esters is 1. The van der Waals surface area contributed by atoms with Gasteiger partial charge in [-0.3, -0.25) is 4.79 Å². The molecule has 0 spiro atoms. The Labute approximate surface area is 173 Å². The number of anilines is 1. The normalized spacial score (nSPS) is 10.5. The van der Waals surface area contributed by atoms with Gasteiger partial charge in [0, 0.05) is 0 Å². The van der Waals surface area contributed by atoms with Gasteiger partial charge < -0.3 is 19.5 Å². The quantitative estimate of drug-likeness (QED) is 0.531. The lowest BCUT2D eigenvalue weighted by atomic mass is 10.2. The molecule has 3 aromatic rings. The third-order valence-electron chi connectivity index (χ3n) is 3.65. The summed E-state index contributed by atoms with van der Waals surface area (Å²) in [4.78, 5) is 24.5. The van der Waals surface area contributed by atoms with Gasteiger partial charge in [0.1, 0.15) is 11.0 Å². The van der Waals surface area contributed by atoms with E-state index in [0.29, 0.717) is 39.3 Å². The first-order valence-electron chi connectivity index (χ1n) is 8.22. The Hall–Kier alpha value is -2.72. The highest BCUT2D eigenvalue weighted by atomic mass is 79.9. The van der Waals surface area contributed by atoms with E-state index in [9.17, 15) is 9.59 Å². The van der Waals surface area contributed by atoms with Crippen LogP contribution < -0.4 is 14.8 Å². The van der Waals surface area contributed by atoms with Gasteiger partial charge in [0.15, 0.2) is 18.1 Å². The maximum absolute atomic E-state index is 12.3. The predicted molar refractivity (Wildman–Crippen MR) is 108 cm³/mol. The molecule has 0 bridgehead atoms. The van der Waals surface area contributed by atoms with E-state index < -0.39 is 18.5 Å². The molecule has 0 saturated heterocycles. The van der Waals surface area contributed by atoms with E-state index >= 15 is 0 Å². The molecule has 0 aliphatic rings. The number of ether oxygens (including phenoxy) is 3. The van der Waals surface area contributed by atoms with Crippen LogP contribution in [-0.2, 0) is 9.53 Å². The highest BCUT2D eigenvalue weighted by Gasteiger charge is 2.18. The van der Waals surface area contributed by atoms with Gasteiger partial charge in [-0.1, -0.05) is 6.07 Å². The number of hydrogen-bond donors (Lipinski definition) is 1. The van der Waals surface area contributed by atoms with Gasteiger partial charge in [0.05, 0.1) is 41.2 Å². The lowest BCUT2D eigenvalue weighted by molar-refractivity contribution is -0.119. The molecule has 1 heterocycles. The molecule has 1 N–H and O–H groups in total. The Morgan fingerprint density at radius 1 is 1.25 bits per heavy atom. The minimum absolute atomic E-state index is 0.228. The van der Waals surface area contributed by atoms with Gasteiger partial charge in [0.2, 0.25) is 0 Å². The van der Waals surface area contributed by atoms with Crippen molar-refractivity contribution in [1.29, 1.82) is 0 Å². The Morgan fingerprint density at radius 3 is 2.82 bits per heavy atom. The van der Waals surface area contributed by atoms with E-state index in [-0.39, 0.29) is 5.56 Å². The third-order valence-corrected chi connectivity index (χ3v) is 4.78. The summed E-state index contributed by atoms with van der Waals surface area (Å²) in [5.41, 5.74) is 2.02. The second-order valence-electron chi connectivity index (χ2n) is 5.48. The Kier molecular flexibility index (Phi) is 6.42. The number of methoxy groups -OCH3 is 1. The molecule has 3 rings (SSSR count). The van der Waals surface area contributed by atoms with Crippen LogP contribution in [0.15, 0.2) is 34.8 Å². The summed E-state index contributed by atoms with van der Waals surface area (Å²) in [5.74, 6) is -0.267. The van der Waals surface area contributed by atoms with Crippen molar-refractivity contribution in [2.75, 3.05) is 25.6 Å². The molecule has 0 unspecified atom stereocenters. The van der Waals surface area contributed by atoms with Crippen molar-refractivity contribution in [2.45, 2.75) is 6.92 Å². The number of fused-ring (bicyclic) bond motifs is 1. The summed E-state index contributed by atoms with van der Waals surface area (Å²) in [5, 5.41) is 2.67. The molecular weight excluding hydrogens is 450 g/mol. The number of nitrogens with one attached hydrogen (secondary N) is 1. The Balaban J connectivity index is 1.66. The molecule has 0 fully saturated rings. The first-order chi connectivity index (χ1) is 13.5. The molecule has 10 heteroatoms. The average molecular weight is 466 g/mol. The number of aromatic nitrogens is 2. The van der Waals surface area contributed by atoms with Crippen LogP contribution in [0.4, 0.5) is 5.69 Å². The molecule has 0 aliphatic carbocycles. The minimum Gasteiger partial charge on any atom is -0.493 e. The molecular formula is C18H16BrN3O5S. The predicted octanol–water partition coefficient (Wildman–Crippen LogP) is 3.66. The summed E-state index contributed by atoms with van der Waals surface area (Å²) in [6.45, 7) is 1.84. The van der Waals surface area contributed by atoms with Crippen molar-refractivity contribution in [3.8, 4) is 11.5 Å². The van der Waals surface area contributed by atoms with E-state index in [1.807, 2.05) is 6.92 Å². The summed E-state index contributed by atoms with van der Waals surface area (Å²) in [6, 6.07) is 8.31. The zero-order valence-electron chi connectivity index (χ0n) is 15.0.